The fraction of sp³-hybridized carbons (Fsp3) is 0.0345. The Morgan fingerprint density at radius 2 is 1.09 bits per heavy atom. The van der Waals surface area contributed by atoms with E-state index in [2.05, 4.69) is 36.4 Å². The van der Waals surface area contributed by atoms with E-state index in [-0.39, 0.29) is 17.5 Å². The van der Waals surface area contributed by atoms with Gasteiger partial charge in [0, 0.05) is 0 Å². The molecule has 33 heavy (non-hydrogen) atoms. The molecule has 0 bridgehead atoms. The topological polar surface area (TPSA) is 47.3 Å². The summed E-state index contributed by atoms with van der Waals surface area (Å²) in [7, 11) is -2.79. The van der Waals surface area contributed by atoms with Crippen LogP contribution >= 0.6 is 7.26 Å². The number of rotatable bonds is 6. The normalized spacial score (nSPS) is 11.9. The van der Waals surface area contributed by atoms with Gasteiger partial charge < -0.3 is 0 Å². The molecule has 0 N–H and O–H groups in total. The molecule has 4 aromatic carbocycles. The van der Waals surface area contributed by atoms with Crippen LogP contribution in [0.5, 0.6) is 0 Å². The summed E-state index contributed by atoms with van der Waals surface area (Å²) in [5.74, 6) is -0.197. The second-order valence-corrected chi connectivity index (χ2v) is 12.0. The first kappa shape index (κ1) is 21.1. The Kier molecular flexibility index (Phi) is 5.73. The van der Waals surface area contributed by atoms with E-state index in [0.717, 1.165) is 21.3 Å². The summed E-state index contributed by atoms with van der Waals surface area (Å²) < 4.78 is 5.48. The molecular formula is C29H23O3P. The molecule has 0 fully saturated rings. The number of para-hydroxylation sites is 1. The van der Waals surface area contributed by atoms with E-state index in [1.807, 2.05) is 72.8 Å². The Balaban J connectivity index is 1.72. The zero-order valence-corrected chi connectivity index (χ0v) is 19.0. The van der Waals surface area contributed by atoms with Crippen LogP contribution in [0.15, 0.2) is 131 Å². The van der Waals surface area contributed by atoms with Gasteiger partial charge in [-0.2, -0.15) is 0 Å². The molecule has 0 amide bonds. The molecule has 0 aliphatic carbocycles. The minimum absolute atomic E-state index is 0.105. The summed E-state index contributed by atoms with van der Waals surface area (Å²) >= 11 is 0. The molecule has 4 heteroatoms. The van der Waals surface area contributed by atoms with Crippen LogP contribution in [0.3, 0.4) is 0 Å². The molecule has 162 valence electrons. The fourth-order valence-electron chi connectivity index (χ4n) is 4.57. The molecule has 0 saturated carbocycles. The summed E-state index contributed by atoms with van der Waals surface area (Å²) in [5, 5.41) is 4.12. The second kappa shape index (κ2) is 8.97. The molecule has 1 aromatic heterocycles. The number of Topliss-reactive ketones (excluding diaryl/α,β-unsaturated/α-hetero) is 1. The van der Waals surface area contributed by atoms with Crippen molar-refractivity contribution in [3.8, 4) is 0 Å². The zero-order valence-electron chi connectivity index (χ0n) is 18.0. The summed E-state index contributed by atoms with van der Waals surface area (Å²) in [5.41, 5.74) is 0.000824. The Hall–Kier alpha value is -3.81. The van der Waals surface area contributed by atoms with Gasteiger partial charge in [0.1, 0.15) is 0 Å². The van der Waals surface area contributed by atoms with Crippen molar-refractivity contribution in [3.05, 3.63) is 137 Å². The van der Waals surface area contributed by atoms with Crippen molar-refractivity contribution >= 4 is 39.9 Å². The third-order valence-electron chi connectivity index (χ3n) is 6.17. The SMILES string of the molecule is O=C(C[PH](c1ccccc1)(c1ccccc1)c1ccccc1)c1cc2ccccc2oc1=O. The first-order valence-electron chi connectivity index (χ1n) is 10.9. The van der Waals surface area contributed by atoms with E-state index in [1.54, 1.807) is 12.1 Å². The molecular weight excluding hydrogens is 427 g/mol. The van der Waals surface area contributed by atoms with Crippen LogP contribution in [-0.2, 0) is 0 Å². The molecule has 0 aliphatic rings. The molecule has 3 nitrogen and oxygen atoms in total. The van der Waals surface area contributed by atoms with Gasteiger partial charge in [0.05, 0.1) is 0 Å². The van der Waals surface area contributed by atoms with Gasteiger partial charge in [-0.1, -0.05) is 0 Å². The summed E-state index contributed by atoms with van der Waals surface area (Å²) in [6.07, 6.45) is 0.230. The van der Waals surface area contributed by atoms with Crippen molar-refractivity contribution in [2.45, 2.75) is 0 Å². The van der Waals surface area contributed by atoms with Gasteiger partial charge in [0.2, 0.25) is 0 Å². The van der Waals surface area contributed by atoms with Crippen LogP contribution in [0.2, 0.25) is 0 Å². The second-order valence-electron chi connectivity index (χ2n) is 8.09. The predicted octanol–water partition coefficient (Wildman–Crippen LogP) is 4.70. The van der Waals surface area contributed by atoms with E-state index < -0.39 is 12.9 Å². The number of fused-ring (bicyclic) bond motifs is 1. The number of hydrogen-bond acceptors (Lipinski definition) is 3. The van der Waals surface area contributed by atoms with Crippen molar-refractivity contribution in [2.24, 2.45) is 0 Å². The maximum atomic E-state index is 13.8. The summed E-state index contributed by atoms with van der Waals surface area (Å²) in [6, 6.07) is 39.6. The summed E-state index contributed by atoms with van der Waals surface area (Å²) in [4.78, 5) is 26.6. The van der Waals surface area contributed by atoms with Gasteiger partial charge >= 0.3 is 193 Å². The van der Waals surface area contributed by atoms with Gasteiger partial charge in [0.15, 0.2) is 0 Å². The summed E-state index contributed by atoms with van der Waals surface area (Å²) in [6.45, 7) is 0. The molecule has 0 atom stereocenters. The Bertz CT molecular complexity index is 1360. The Morgan fingerprint density at radius 3 is 1.61 bits per heavy atom. The average molecular weight is 450 g/mol. The minimum atomic E-state index is -2.79. The monoisotopic (exact) mass is 450 g/mol. The average Bonchev–Trinajstić information content (AvgIpc) is 2.88. The quantitative estimate of drug-likeness (QED) is 0.214. The van der Waals surface area contributed by atoms with E-state index in [0.29, 0.717) is 5.58 Å². The fourth-order valence-corrected chi connectivity index (χ4v) is 9.14. The van der Waals surface area contributed by atoms with Crippen LogP contribution in [0.25, 0.3) is 11.0 Å². The number of benzene rings is 4. The molecule has 0 saturated heterocycles. The van der Waals surface area contributed by atoms with Crippen LogP contribution in [-0.4, -0.2) is 11.9 Å². The first-order chi connectivity index (χ1) is 16.2. The zero-order chi connectivity index (χ0) is 22.7. The van der Waals surface area contributed by atoms with E-state index in [4.69, 9.17) is 4.42 Å². The van der Waals surface area contributed by atoms with Gasteiger partial charge in [-0.15, -0.1) is 0 Å². The Labute approximate surface area is 192 Å². The van der Waals surface area contributed by atoms with Crippen LogP contribution < -0.4 is 21.5 Å². The van der Waals surface area contributed by atoms with Gasteiger partial charge in [-0.05, 0) is 0 Å². The number of hydrogen-bond donors (Lipinski definition) is 0. The van der Waals surface area contributed by atoms with Crippen molar-refractivity contribution in [1.82, 2.24) is 0 Å². The number of ketones is 1. The Morgan fingerprint density at radius 1 is 0.636 bits per heavy atom. The molecule has 0 unspecified atom stereocenters. The maximum absolute atomic E-state index is 13.8. The third kappa shape index (κ3) is 3.92. The molecule has 0 radical (unpaired) electrons. The van der Waals surface area contributed by atoms with Gasteiger partial charge in [-0.25, -0.2) is 0 Å². The standard InChI is InChI=1S/C29H23O3P/c30-27(26-20-22-12-10-11-19-28(22)32-29(26)31)21-33(23-13-4-1-5-14-23,24-15-6-2-7-16-24)25-17-8-3-9-18-25/h1-20,33H,21H2. The third-order valence-corrected chi connectivity index (χ3v) is 11.0. The van der Waals surface area contributed by atoms with Crippen molar-refractivity contribution in [1.29, 1.82) is 0 Å². The van der Waals surface area contributed by atoms with Crippen molar-refractivity contribution in [2.75, 3.05) is 6.16 Å². The predicted molar refractivity (Wildman–Crippen MR) is 138 cm³/mol. The number of carbonyl (C=O) groups is 1. The molecule has 5 aromatic rings. The van der Waals surface area contributed by atoms with E-state index in [1.165, 1.54) is 0 Å². The van der Waals surface area contributed by atoms with Crippen molar-refractivity contribution < 1.29 is 9.21 Å². The molecule has 0 aliphatic heterocycles. The van der Waals surface area contributed by atoms with Crippen LogP contribution in [0.1, 0.15) is 10.4 Å². The van der Waals surface area contributed by atoms with Gasteiger partial charge in [-0.3, -0.25) is 0 Å². The van der Waals surface area contributed by atoms with Crippen LogP contribution in [0.4, 0.5) is 0 Å². The molecule has 5 rings (SSSR count). The van der Waals surface area contributed by atoms with E-state index in [9.17, 15) is 9.59 Å². The van der Waals surface area contributed by atoms with Crippen molar-refractivity contribution in [3.63, 3.8) is 0 Å². The first-order valence-corrected chi connectivity index (χ1v) is 13.1. The number of carbonyl (C=O) groups excluding carboxylic acids is 1. The molecule has 0 spiro atoms. The van der Waals surface area contributed by atoms with Crippen LogP contribution in [0, 0.1) is 0 Å². The molecule has 1 heterocycles. The van der Waals surface area contributed by atoms with E-state index >= 15 is 0 Å². The van der Waals surface area contributed by atoms with Gasteiger partial charge in [0.25, 0.3) is 0 Å².